The molecule has 1 N–H and O–H groups in total. The van der Waals surface area contributed by atoms with E-state index in [0.717, 1.165) is 22.8 Å². The molecule has 0 bridgehead atoms. The van der Waals surface area contributed by atoms with Crippen molar-refractivity contribution in [3.8, 4) is 11.4 Å². The summed E-state index contributed by atoms with van der Waals surface area (Å²) in [5.41, 5.74) is -4.02. The Balaban J connectivity index is 1.55. The second-order valence-electron chi connectivity index (χ2n) is 8.83. The van der Waals surface area contributed by atoms with E-state index in [4.69, 9.17) is 4.74 Å². The van der Waals surface area contributed by atoms with Crippen molar-refractivity contribution in [1.82, 2.24) is 9.72 Å². The quantitative estimate of drug-likeness (QED) is 0.333. The number of methoxy groups -OCH3 is 1. The Hall–Kier alpha value is -3.94. The maximum Gasteiger partial charge on any atom is 0.422 e. The number of fused-ring (bicyclic) bond motifs is 1. The molecule has 0 unspecified atom stereocenters. The molecule has 2 aromatic heterocycles. The number of pyridine rings is 1. The first-order valence-electron chi connectivity index (χ1n) is 11.1. The van der Waals surface area contributed by atoms with Crippen molar-refractivity contribution in [2.24, 2.45) is 0 Å². The Labute approximate surface area is 211 Å². The average Bonchev–Trinajstić information content (AvgIpc) is 3.33. The van der Waals surface area contributed by atoms with Crippen LogP contribution in [0.15, 0.2) is 69.0 Å². The zero-order chi connectivity index (χ0) is 27.5. The molecule has 2 aromatic carbocycles. The molecule has 14 heteroatoms. The lowest BCUT2D eigenvalue weighted by Gasteiger charge is -2.42. The number of alkyl halides is 4. The minimum Gasteiger partial charge on any atom is -0.495 e. The highest BCUT2D eigenvalue weighted by Gasteiger charge is 2.63. The number of hydrogen-bond donors (Lipinski definition) is 1. The van der Waals surface area contributed by atoms with Gasteiger partial charge in [-0.1, -0.05) is 5.16 Å². The summed E-state index contributed by atoms with van der Waals surface area (Å²) >= 11 is 0. The molecule has 200 valence electrons. The van der Waals surface area contributed by atoms with E-state index in [9.17, 15) is 30.8 Å². The van der Waals surface area contributed by atoms with Crippen molar-refractivity contribution < 1.29 is 39.6 Å². The minimum absolute atomic E-state index is 0.0382. The van der Waals surface area contributed by atoms with Crippen LogP contribution in [0.4, 0.5) is 27.8 Å². The zero-order valence-electron chi connectivity index (χ0n) is 19.4. The van der Waals surface area contributed by atoms with E-state index >= 15 is 4.39 Å². The molecule has 1 saturated carbocycles. The summed E-state index contributed by atoms with van der Waals surface area (Å²) in [6.45, 7) is 0. The van der Waals surface area contributed by atoms with E-state index in [1.807, 2.05) is 0 Å². The Morgan fingerprint density at radius 1 is 1.13 bits per heavy atom. The summed E-state index contributed by atoms with van der Waals surface area (Å²) in [5.74, 6) is -2.04. The first-order chi connectivity index (χ1) is 17.8. The largest absolute Gasteiger partial charge is 0.495 e. The predicted molar refractivity (Wildman–Crippen MR) is 125 cm³/mol. The SMILES string of the molecule is COc1cc([C@H]2C[C@@](F)(C(F)(F)F)C2)c(F)cc1-n1c(=O)ccc2cc(S(=O)(=O)Nc3ccon3)ccc21. The number of anilines is 1. The Morgan fingerprint density at radius 3 is 2.50 bits per heavy atom. The van der Waals surface area contributed by atoms with Crippen LogP contribution in [-0.4, -0.2) is 37.1 Å². The van der Waals surface area contributed by atoms with Gasteiger partial charge in [-0.15, -0.1) is 0 Å². The van der Waals surface area contributed by atoms with Gasteiger partial charge in [0.05, 0.1) is 23.2 Å². The second-order valence-corrected chi connectivity index (χ2v) is 10.5. The number of halogens is 5. The van der Waals surface area contributed by atoms with Crippen LogP contribution in [0.2, 0.25) is 0 Å². The minimum atomic E-state index is -5.06. The van der Waals surface area contributed by atoms with Gasteiger partial charge in [-0.25, -0.2) is 17.2 Å². The van der Waals surface area contributed by atoms with Crippen molar-refractivity contribution in [3.63, 3.8) is 0 Å². The van der Waals surface area contributed by atoms with Gasteiger partial charge in [0.1, 0.15) is 17.8 Å². The highest BCUT2D eigenvalue weighted by molar-refractivity contribution is 7.92. The monoisotopic (exact) mass is 555 g/mol. The fraction of sp³-hybridized carbons (Fsp3) is 0.250. The topological polar surface area (TPSA) is 103 Å². The van der Waals surface area contributed by atoms with Crippen LogP contribution in [-0.2, 0) is 10.0 Å². The molecule has 4 aromatic rings. The van der Waals surface area contributed by atoms with Crippen LogP contribution in [0.1, 0.15) is 24.3 Å². The van der Waals surface area contributed by atoms with Gasteiger partial charge in [-0.3, -0.25) is 14.1 Å². The molecule has 0 amide bonds. The number of ether oxygens (including phenoxy) is 1. The highest BCUT2D eigenvalue weighted by Crippen LogP contribution is 2.56. The molecule has 1 aliphatic rings. The number of sulfonamides is 1. The van der Waals surface area contributed by atoms with Crippen LogP contribution >= 0.6 is 0 Å². The van der Waals surface area contributed by atoms with Gasteiger partial charge in [-0.05, 0) is 54.7 Å². The molecular formula is C24H18F5N3O5S. The number of benzene rings is 2. The number of hydrogen-bond acceptors (Lipinski definition) is 6. The molecular weight excluding hydrogens is 537 g/mol. The molecule has 0 radical (unpaired) electrons. The van der Waals surface area contributed by atoms with E-state index in [1.165, 1.54) is 43.7 Å². The summed E-state index contributed by atoms with van der Waals surface area (Å²) < 4.78 is 107. The lowest BCUT2D eigenvalue weighted by atomic mass is 9.68. The zero-order valence-corrected chi connectivity index (χ0v) is 20.2. The third kappa shape index (κ3) is 4.27. The fourth-order valence-corrected chi connectivity index (χ4v) is 5.51. The Kier molecular flexibility index (Phi) is 5.97. The first kappa shape index (κ1) is 25.7. The molecule has 1 aliphatic carbocycles. The lowest BCUT2D eigenvalue weighted by Crippen LogP contribution is -2.50. The highest BCUT2D eigenvalue weighted by atomic mass is 32.2. The van der Waals surface area contributed by atoms with E-state index in [-0.39, 0.29) is 33.2 Å². The molecule has 2 heterocycles. The maximum atomic E-state index is 15.1. The van der Waals surface area contributed by atoms with Crippen molar-refractivity contribution >= 4 is 26.7 Å². The third-order valence-electron chi connectivity index (χ3n) is 6.48. The van der Waals surface area contributed by atoms with Gasteiger partial charge in [0.15, 0.2) is 5.82 Å². The van der Waals surface area contributed by atoms with E-state index in [1.54, 1.807) is 0 Å². The maximum absolute atomic E-state index is 15.1. The number of nitrogens with one attached hydrogen (secondary N) is 1. The molecule has 0 aliphatic heterocycles. The standard InChI is InChI=1S/C24H18F5N3O5S/c1-36-20-9-16(14-11-23(26,12-14)24(27,28)29)17(25)10-19(20)32-18-4-3-15(8-13(18)2-5-22(32)33)38(34,35)31-21-6-7-37-30-21/h2-10,14H,11-12H2,1H3,(H,30,31)/t14-,23-. The van der Waals surface area contributed by atoms with Crippen molar-refractivity contribution in [2.75, 3.05) is 11.8 Å². The molecule has 8 nitrogen and oxygen atoms in total. The summed E-state index contributed by atoms with van der Waals surface area (Å²) in [4.78, 5) is 12.7. The smallest absolute Gasteiger partial charge is 0.422 e. The number of aromatic nitrogens is 2. The molecule has 1 fully saturated rings. The number of nitrogens with zero attached hydrogens (tertiary/aromatic N) is 2. The van der Waals surface area contributed by atoms with Crippen LogP contribution < -0.4 is 15.0 Å². The first-order valence-corrected chi connectivity index (χ1v) is 12.5. The molecule has 0 saturated heterocycles. The molecule has 0 spiro atoms. The predicted octanol–water partition coefficient (Wildman–Crippen LogP) is 5.08. The fourth-order valence-electron chi connectivity index (χ4n) is 4.48. The average molecular weight is 555 g/mol. The van der Waals surface area contributed by atoms with Crippen LogP contribution in [0.5, 0.6) is 5.75 Å². The molecule has 5 rings (SSSR count). The normalized spacial score (nSPS) is 19.8. The van der Waals surface area contributed by atoms with Gasteiger partial charge < -0.3 is 9.26 Å². The Bertz CT molecular complexity index is 1700. The van der Waals surface area contributed by atoms with Gasteiger partial charge in [0.25, 0.3) is 15.6 Å². The third-order valence-corrected chi connectivity index (χ3v) is 7.83. The van der Waals surface area contributed by atoms with Gasteiger partial charge in [0, 0.05) is 23.6 Å². The van der Waals surface area contributed by atoms with Crippen LogP contribution in [0.25, 0.3) is 16.6 Å². The van der Waals surface area contributed by atoms with E-state index < -0.39 is 52.0 Å². The van der Waals surface area contributed by atoms with E-state index in [2.05, 4.69) is 14.4 Å². The van der Waals surface area contributed by atoms with Gasteiger partial charge in [-0.2, -0.15) is 13.2 Å². The Morgan fingerprint density at radius 2 is 1.87 bits per heavy atom. The van der Waals surface area contributed by atoms with Crippen LogP contribution in [0.3, 0.4) is 0 Å². The second kappa shape index (κ2) is 8.82. The van der Waals surface area contributed by atoms with E-state index in [0.29, 0.717) is 5.39 Å². The summed E-state index contributed by atoms with van der Waals surface area (Å²) in [6, 6.07) is 9.76. The summed E-state index contributed by atoms with van der Waals surface area (Å²) in [6.07, 6.45) is -5.73. The molecule has 38 heavy (non-hydrogen) atoms. The van der Waals surface area contributed by atoms with Gasteiger partial charge >= 0.3 is 6.18 Å². The molecule has 0 atom stereocenters. The van der Waals surface area contributed by atoms with Gasteiger partial charge in [0.2, 0.25) is 5.67 Å². The van der Waals surface area contributed by atoms with Crippen molar-refractivity contribution in [1.29, 1.82) is 0 Å². The summed E-state index contributed by atoms with van der Waals surface area (Å²) in [7, 11) is -2.84. The van der Waals surface area contributed by atoms with Crippen LogP contribution in [0, 0.1) is 5.82 Å². The lowest BCUT2D eigenvalue weighted by molar-refractivity contribution is -0.259. The van der Waals surface area contributed by atoms with Crippen molar-refractivity contribution in [3.05, 3.63) is 76.5 Å². The van der Waals surface area contributed by atoms with Crippen molar-refractivity contribution in [2.45, 2.75) is 35.5 Å². The number of rotatable bonds is 6. The summed E-state index contributed by atoms with van der Waals surface area (Å²) in [5, 5.41) is 3.79.